The fourth-order valence-corrected chi connectivity index (χ4v) is 2.85. The monoisotopic (exact) mass is 312 g/mol. The maximum Gasteiger partial charge on any atom is 0.251 e. The molecule has 2 rings (SSSR count). The van der Waals surface area contributed by atoms with Gasteiger partial charge in [0.1, 0.15) is 0 Å². The number of benzene rings is 1. The Hall–Kier alpha value is -1.26. The minimum absolute atomic E-state index is 0. The summed E-state index contributed by atoms with van der Waals surface area (Å²) >= 11 is 0. The molecule has 4 N–H and O–H groups in total. The van der Waals surface area contributed by atoms with Crippen molar-refractivity contribution in [3.63, 3.8) is 0 Å². The predicted molar refractivity (Wildman–Crippen MR) is 87.8 cm³/mol. The molecule has 1 saturated carbocycles. The zero-order chi connectivity index (χ0) is 14.8. The third-order valence-corrected chi connectivity index (χ3v) is 4.44. The quantitative estimate of drug-likeness (QED) is 0.751. The molecule has 1 amide bonds. The SMILES string of the molecule is Cc1ccc(N)cc1C(=O)NCC1(C)CCCCC1O.Cl. The number of halogens is 1. The highest BCUT2D eigenvalue weighted by atomic mass is 35.5. The summed E-state index contributed by atoms with van der Waals surface area (Å²) in [5.74, 6) is -0.117. The van der Waals surface area contributed by atoms with Gasteiger partial charge in [-0.1, -0.05) is 25.8 Å². The number of aliphatic hydroxyl groups is 1. The number of hydrogen-bond acceptors (Lipinski definition) is 3. The second-order valence-electron chi connectivity index (χ2n) is 6.17. The van der Waals surface area contributed by atoms with Crippen molar-refractivity contribution in [2.45, 2.75) is 45.6 Å². The lowest BCUT2D eigenvalue weighted by atomic mass is 9.73. The lowest BCUT2D eigenvalue weighted by Gasteiger charge is -2.38. The molecular formula is C16H25ClN2O2. The van der Waals surface area contributed by atoms with Gasteiger partial charge in [-0.05, 0) is 37.5 Å². The average Bonchev–Trinajstić information content (AvgIpc) is 2.42. The van der Waals surface area contributed by atoms with Crippen LogP contribution in [0, 0.1) is 12.3 Å². The third-order valence-electron chi connectivity index (χ3n) is 4.44. The molecule has 5 heteroatoms. The van der Waals surface area contributed by atoms with Crippen molar-refractivity contribution >= 4 is 24.0 Å². The van der Waals surface area contributed by atoms with E-state index in [-0.39, 0.29) is 29.8 Å². The molecule has 1 aromatic rings. The van der Waals surface area contributed by atoms with Gasteiger partial charge in [-0.3, -0.25) is 4.79 Å². The predicted octanol–water partition coefficient (Wildman–Crippen LogP) is 2.67. The van der Waals surface area contributed by atoms with Gasteiger partial charge in [0, 0.05) is 23.2 Å². The number of rotatable bonds is 3. The van der Waals surface area contributed by atoms with Crippen LogP contribution in [0.3, 0.4) is 0 Å². The summed E-state index contributed by atoms with van der Waals surface area (Å²) < 4.78 is 0. The number of nitrogen functional groups attached to an aromatic ring is 1. The first-order chi connectivity index (χ1) is 9.42. The van der Waals surface area contributed by atoms with Crippen molar-refractivity contribution < 1.29 is 9.90 Å². The Labute approximate surface area is 132 Å². The van der Waals surface area contributed by atoms with Gasteiger partial charge in [-0.15, -0.1) is 12.4 Å². The number of aryl methyl sites for hydroxylation is 1. The topological polar surface area (TPSA) is 75.4 Å². The van der Waals surface area contributed by atoms with Gasteiger partial charge < -0.3 is 16.2 Å². The van der Waals surface area contributed by atoms with Gasteiger partial charge in [0.25, 0.3) is 5.91 Å². The molecule has 1 fully saturated rings. The van der Waals surface area contributed by atoms with E-state index in [1.54, 1.807) is 12.1 Å². The Morgan fingerprint density at radius 1 is 1.48 bits per heavy atom. The molecule has 0 aliphatic heterocycles. The van der Waals surface area contributed by atoms with E-state index in [2.05, 4.69) is 5.32 Å². The molecule has 0 heterocycles. The van der Waals surface area contributed by atoms with Crippen molar-refractivity contribution in [2.75, 3.05) is 12.3 Å². The number of nitrogens with two attached hydrogens (primary N) is 1. The number of carbonyl (C=O) groups is 1. The van der Waals surface area contributed by atoms with Gasteiger partial charge in [0.2, 0.25) is 0 Å². The number of nitrogens with one attached hydrogen (secondary N) is 1. The smallest absolute Gasteiger partial charge is 0.251 e. The van der Waals surface area contributed by atoms with E-state index in [0.29, 0.717) is 17.8 Å². The van der Waals surface area contributed by atoms with Crippen LogP contribution in [0.1, 0.15) is 48.5 Å². The second-order valence-corrected chi connectivity index (χ2v) is 6.17. The zero-order valence-corrected chi connectivity index (χ0v) is 13.5. The van der Waals surface area contributed by atoms with E-state index in [4.69, 9.17) is 5.73 Å². The van der Waals surface area contributed by atoms with Crippen molar-refractivity contribution in [1.29, 1.82) is 0 Å². The van der Waals surface area contributed by atoms with E-state index >= 15 is 0 Å². The van der Waals surface area contributed by atoms with Crippen LogP contribution in [-0.2, 0) is 0 Å². The minimum atomic E-state index is -0.335. The van der Waals surface area contributed by atoms with E-state index < -0.39 is 0 Å². The largest absolute Gasteiger partial charge is 0.399 e. The second kappa shape index (κ2) is 7.14. The molecule has 1 aliphatic carbocycles. The maximum atomic E-state index is 12.3. The molecular weight excluding hydrogens is 288 g/mol. The molecule has 0 bridgehead atoms. The van der Waals surface area contributed by atoms with Gasteiger partial charge in [0.05, 0.1) is 6.10 Å². The fraction of sp³-hybridized carbons (Fsp3) is 0.562. The van der Waals surface area contributed by atoms with Crippen molar-refractivity contribution in [3.05, 3.63) is 29.3 Å². The molecule has 1 aliphatic rings. The molecule has 4 nitrogen and oxygen atoms in total. The first-order valence-corrected chi connectivity index (χ1v) is 7.25. The molecule has 2 unspecified atom stereocenters. The Bertz CT molecular complexity index is 507. The van der Waals surface area contributed by atoms with Crippen LogP contribution < -0.4 is 11.1 Å². The number of aliphatic hydroxyl groups excluding tert-OH is 1. The van der Waals surface area contributed by atoms with Gasteiger partial charge >= 0.3 is 0 Å². The summed E-state index contributed by atoms with van der Waals surface area (Å²) in [6, 6.07) is 5.34. The highest BCUT2D eigenvalue weighted by Gasteiger charge is 2.35. The summed E-state index contributed by atoms with van der Waals surface area (Å²) in [5.41, 5.74) is 7.62. The van der Waals surface area contributed by atoms with Crippen LogP contribution in [0.25, 0.3) is 0 Å². The fourth-order valence-electron chi connectivity index (χ4n) is 2.85. The van der Waals surface area contributed by atoms with Crippen molar-refractivity contribution in [2.24, 2.45) is 5.41 Å². The number of carbonyl (C=O) groups excluding carboxylic acids is 1. The van der Waals surface area contributed by atoms with E-state index in [9.17, 15) is 9.90 Å². The van der Waals surface area contributed by atoms with Crippen LogP contribution in [0.4, 0.5) is 5.69 Å². The first kappa shape index (κ1) is 17.8. The van der Waals surface area contributed by atoms with Crippen molar-refractivity contribution in [1.82, 2.24) is 5.32 Å². The third kappa shape index (κ3) is 4.11. The Morgan fingerprint density at radius 3 is 2.86 bits per heavy atom. The van der Waals surface area contributed by atoms with Crippen molar-refractivity contribution in [3.8, 4) is 0 Å². The number of hydrogen-bond donors (Lipinski definition) is 3. The summed E-state index contributed by atoms with van der Waals surface area (Å²) in [7, 11) is 0. The van der Waals surface area contributed by atoms with E-state index in [1.165, 1.54) is 0 Å². The molecule has 0 saturated heterocycles. The summed E-state index contributed by atoms with van der Waals surface area (Å²) in [4.78, 5) is 12.3. The van der Waals surface area contributed by atoms with Crippen LogP contribution in [0.2, 0.25) is 0 Å². The summed E-state index contributed by atoms with van der Waals surface area (Å²) in [6.07, 6.45) is 3.62. The van der Waals surface area contributed by atoms with Crippen LogP contribution in [-0.4, -0.2) is 23.7 Å². The molecule has 0 aromatic heterocycles. The molecule has 118 valence electrons. The lowest BCUT2D eigenvalue weighted by Crippen LogP contribution is -2.45. The van der Waals surface area contributed by atoms with Crippen LogP contribution in [0.5, 0.6) is 0 Å². The molecule has 2 atom stereocenters. The molecule has 0 radical (unpaired) electrons. The normalized spacial score (nSPS) is 25.0. The van der Waals surface area contributed by atoms with Gasteiger partial charge in [-0.2, -0.15) is 0 Å². The highest BCUT2D eigenvalue weighted by Crippen LogP contribution is 2.35. The molecule has 1 aromatic carbocycles. The molecule has 21 heavy (non-hydrogen) atoms. The minimum Gasteiger partial charge on any atom is -0.399 e. The zero-order valence-electron chi connectivity index (χ0n) is 12.7. The maximum absolute atomic E-state index is 12.3. The average molecular weight is 313 g/mol. The van der Waals surface area contributed by atoms with Gasteiger partial charge in [0.15, 0.2) is 0 Å². The number of anilines is 1. The van der Waals surface area contributed by atoms with E-state index in [0.717, 1.165) is 31.2 Å². The first-order valence-electron chi connectivity index (χ1n) is 7.25. The molecule has 0 spiro atoms. The lowest BCUT2D eigenvalue weighted by molar-refractivity contribution is 0.00190. The van der Waals surface area contributed by atoms with Crippen LogP contribution in [0.15, 0.2) is 18.2 Å². The Kier molecular flexibility index (Phi) is 6.05. The highest BCUT2D eigenvalue weighted by molar-refractivity contribution is 5.96. The Balaban J connectivity index is 0.00000220. The van der Waals surface area contributed by atoms with Gasteiger partial charge in [-0.25, -0.2) is 0 Å². The standard InChI is InChI=1S/C16H24N2O2.ClH/c1-11-6-7-12(17)9-13(11)15(20)18-10-16(2)8-4-3-5-14(16)19;/h6-7,9,14,19H,3-5,8,10,17H2,1-2H3,(H,18,20);1H. The number of amides is 1. The summed E-state index contributed by atoms with van der Waals surface area (Å²) in [6.45, 7) is 4.44. The summed E-state index contributed by atoms with van der Waals surface area (Å²) in [5, 5.41) is 13.1. The van der Waals surface area contributed by atoms with Crippen LogP contribution >= 0.6 is 12.4 Å². The Morgan fingerprint density at radius 2 is 2.19 bits per heavy atom. The van der Waals surface area contributed by atoms with E-state index in [1.807, 2.05) is 19.9 Å².